The van der Waals surface area contributed by atoms with Crippen LogP contribution in [0.3, 0.4) is 0 Å². The van der Waals surface area contributed by atoms with E-state index < -0.39 is 0 Å². The number of benzene rings is 1. The van der Waals surface area contributed by atoms with E-state index in [0.29, 0.717) is 0 Å². The topological polar surface area (TPSA) is 26.0 Å². The van der Waals surface area contributed by atoms with Crippen LogP contribution in [0.4, 0.5) is 0 Å². The third-order valence-corrected chi connectivity index (χ3v) is 5.49. The lowest BCUT2D eigenvalue weighted by atomic mass is 9.86. The summed E-state index contributed by atoms with van der Waals surface area (Å²) in [5, 5.41) is 0. The van der Waals surface area contributed by atoms with Crippen LogP contribution in [0.25, 0.3) is 0 Å². The average Bonchev–Trinajstić information content (AvgIpc) is 2.94. The quantitative estimate of drug-likeness (QED) is 0.418. The number of nitrogens with two attached hydrogens (primary N) is 1. The normalized spacial score (nSPS) is 20.7. The van der Waals surface area contributed by atoms with Crippen molar-refractivity contribution in [3.05, 3.63) is 47.0 Å². The molecule has 0 amide bonds. The van der Waals surface area contributed by atoms with Crippen LogP contribution >= 0.6 is 0 Å². The van der Waals surface area contributed by atoms with Gasteiger partial charge < -0.3 is 5.73 Å². The molecule has 128 valence electrons. The van der Waals surface area contributed by atoms with E-state index in [2.05, 4.69) is 44.2 Å². The minimum absolute atomic E-state index is 0.0445. The molecule has 1 unspecified atom stereocenters. The van der Waals surface area contributed by atoms with Gasteiger partial charge in [0.15, 0.2) is 0 Å². The maximum atomic E-state index is 6.53. The molecule has 1 aliphatic carbocycles. The molecule has 0 aliphatic heterocycles. The molecule has 23 heavy (non-hydrogen) atoms. The molecule has 1 heteroatoms. The smallest absolute Gasteiger partial charge is 0.0372 e. The van der Waals surface area contributed by atoms with Gasteiger partial charge in [-0.2, -0.15) is 0 Å². The minimum atomic E-state index is -0.0445. The molecule has 0 fully saturated rings. The maximum absolute atomic E-state index is 6.53. The van der Waals surface area contributed by atoms with Crippen molar-refractivity contribution in [2.24, 2.45) is 5.73 Å². The van der Waals surface area contributed by atoms with E-state index >= 15 is 0 Å². The van der Waals surface area contributed by atoms with Crippen LogP contribution in [0.15, 0.2) is 35.9 Å². The monoisotopic (exact) mass is 313 g/mol. The summed E-state index contributed by atoms with van der Waals surface area (Å²) in [5.41, 5.74) is 10.8. The highest BCUT2D eigenvalue weighted by molar-refractivity contribution is 5.33. The van der Waals surface area contributed by atoms with Gasteiger partial charge >= 0.3 is 0 Å². The van der Waals surface area contributed by atoms with Crippen molar-refractivity contribution in [1.82, 2.24) is 0 Å². The Hall–Kier alpha value is -1.08. The van der Waals surface area contributed by atoms with Gasteiger partial charge in [-0.05, 0) is 49.7 Å². The predicted octanol–water partition coefficient (Wildman–Crippen LogP) is 5.96. The second-order valence-electron chi connectivity index (χ2n) is 7.29. The highest BCUT2D eigenvalue weighted by atomic mass is 14.7. The van der Waals surface area contributed by atoms with E-state index in [9.17, 15) is 0 Å². The summed E-state index contributed by atoms with van der Waals surface area (Å²) in [5.74, 6) is 0. The zero-order chi connectivity index (χ0) is 16.5. The summed E-state index contributed by atoms with van der Waals surface area (Å²) in [6, 6.07) is 9.26. The number of hydrogen-bond donors (Lipinski definition) is 1. The SMILES string of the molecule is CCCCCCCCc1ccc(CC2=CCCC2(N)CC)cc1. The fourth-order valence-electron chi connectivity index (χ4n) is 3.67. The Kier molecular flexibility index (Phi) is 7.36. The van der Waals surface area contributed by atoms with Crippen LogP contribution < -0.4 is 5.73 Å². The summed E-state index contributed by atoms with van der Waals surface area (Å²) >= 11 is 0. The molecule has 0 saturated heterocycles. The van der Waals surface area contributed by atoms with E-state index in [-0.39, 0.29) is 5.54 Å². The van der Waals surface area contributed by atoms with Gasteiger partial charge in [-0.25, -0.2) is 0 Å². The molecular weight excluding hydrogens is 278 g/mol. The second-order valence-corrected chi connectivity index (χ2v) is 7.29. The van der Waals surface area contributed by atoms with Gasteiger partial charge in [-0.15, -0.1) is 0 Å². The lowest BCUT2D eigenvalue weighted by molar-refractivity contribution is 0.468. The second kappa shape index (κ2) is 9.27. The van der Waals surface area contributed by atoms with Crippen molar-refractivity contribution in [3.63, 3.8) is 0 Å². The molecular formula is C22H35N. The molecule has 0 aromatic heterocycles. The van der Waals surface area contributed by atoms with Gasteiger partial charge in [0.1, 0.15) is 0 Å². The molecule has 0 spiro atoms. The molecule has 1 aliphatic rings. The number of aryl methyl sites for hydroxylation is 1. The third-order valence-electron chi connectivity index (χ3n) is 5.49. The number of allylic oxidation sites excluding steroid dienone is 1. The highest BCUT2D eigenvalue weighted by Crippen LogP contribution is 2.33. The standard InChI is InChI=1S/C22H35N/c1-3-5-6-7-8-9-11-19-13-15-20(16-14-19)18-21-12-10-17-22(21,23)4-2/h12-16H,3-11,17-18,23H2,1-2H3. The van der Waals surface area contributed by atoms with E-state index in [1.54, 1.807) is 0 Å². The van der Waals surface area contributed by atoms with Crippen LogP contribution in [-0.2, 0) is 12.8 Å². The lowest BCUT2D eigenvalue weighted by Gasteiger charge is -2.26. The first-order chi connectivity index (χ1) is 11.2. The van der Waals surface area contributed by atoms with Gasteiger partial charge in [0.2, 0.25) is 0 Å². The van der Waals surface area contributed by atoms with Crippen LogP contribution in [0.5, 0.6) is 0 Å². The highest BCUT2D eigenvalue weighted by Gasteiger charge is 2.30. The molecule has 1 atom stereocenters. The first kappa shape index (κ1) is 18.3. The Morgan fingerprint density at radius 1 is 0.913 bits per heavy atom. The number of rotatable bonds is 10. The molecule has 2 N–H and O–H groups in total. The van der Waals surface area contributed by atoms with Crippen LogP contribution in [0, 0.1) is 0 Å². The average molecular weight is 314 g/mol. The van der Waals surface area contributed by atoms with Gasteiger partial charge in [0.05, 0.1) is 0 Å². The predicted molar refractivity (Wildman–Crippen MR) is 102 cm³/mol. The van der Waals surface area contributed by atoms with Crippen molar-refractivity contribution >= 4 is 0 Å². The number of hydrogen-bond acceptors (Lipinski definition) is 1. The Balaban J connectivity index is 1.76. The molecule has 2 rings (SSSR count). The summed E-state index contributed by atoms with van der Waals surface area (Å²) in [6.45, 7) is 4.49. The Labute approximate surface area is 143 Å². The summed E-state index contributed by atoms with van der Waals surface area (Å²) < 4.78 is 0. The van der Waals surface area contributed by atoms with Crippen LogP contribution in [0.2, 0.25) is 0 Å². The molecule has 0 bridgehead atoms. The summed E-state index contributed by atoms with van der Waals surface area (Å²) in [4.78, 5) is 0. The third kappa shape index (κ3) is 5.49. The van der Waals surface area contributed by atoms with Crippen molar-refractivity contribution in [3.8, 4) is 0 Å². The number of unbranched alkanes of at least 4 members (excludes halogenated alkanes) is 5. The fourth-order valence-corrected chi connectivity index (χ4v) is 3.67. The molecule has 0 saturated carbocycles. The maximum Gasteiger partial charge on any atom is 0.0372 e. The molecule has 0 radical (unpaired) electrons. The molecule has 1 nitrogen and oxygen atoms in total. The van der Waals surface area contributed by atoms with E-state index in [0.717, 1.165) is 25.7 Å². The first-order valence-electron chi connectivity index (χ1n) is 9.74. The van der Waals surface area contributed by atoms with Gasteiger partial charge in [-0.3, -0.25) is 0 Å². The Bertz CT molecular complexity index is 485. The van der Waals surface area contributed by atoms with Crippen LogP contribution in [0.1, 0.15) is 82.8 Å². The van der Waals surface area contributed by atoms with Crippen molar-refractivity contribution < 1.29 is 0 Å². The Morgan fingerprint density at radius 3 is 2.26 bits per heavy atom. The summed E-state index contributed by atoms with van der Waals surface area (Å²) in [7, 11) is 0. The largest absolute Gasteiger partial charge is 0.322 e. The van der Waals surface area contributed by atoms with Crippen LogP contribution in [-0.4, -0.2) is 5.54 Å². The Morgan fingerprint density at radius 2 is 1.57 bits per heavy atom. The first-order valence-corrected chi connectivity index (χ1v) is 9.74. The van der Waals surface area contributed by atoms with E-state index in [1.807, 2.05) is 0 Å². The molecule has 1 aromatic carbocycles. The van der Waals surface area contributed by atoms with E-state index in [1.165, 1.54) is 61.6 Å². The molecule has 1 aromatic rings. The minimum Gasteiger partial charge on any atom is -0.322 e. The van der Waals surface area contributed by atoms with Gasteiger partial charge in [0.25, 0.3) is 0 Å². The zero-order valence-electron chi connectivity index (χ0n) is 15.2. The van der Waals surface area contributed by atoms with Crippen molar-refractivity contribution in [1.29, 1.82) is 0 Å². The van der Waals surface area contributed by atoms with Gasteiger partial charge in [-0.1, -0.05) is 81.9 Å². The van der Waals surface area contributed by atoms with Gasteiger partial charge in [0, 0.05) is 5.54 Å². The van der Waals surface area contributed by atoms with Crippen molar-refractivity contribution in [2.75, 3.05) is 0 Å². The zero-order valence-corrected chi connectivity index (χ0v) is 15.2. The fraction of sp³-hybridized carbons (Fsp3) is 0.636. The van der Waals surface area contributed by atoms with Crippen molar-refractivity contribution in [2.45, 2.75) is 90.0 Å². The molecule has 0 heterocycles. The lowest BCUT2D eigenvalue weighted by Crippen LogP contribution is -2.39. The van der Waals surface area contributed by atoms with E-state index in [4.69, 9.17) is 5.73 Å². The summed E-state index contributed by atoms with van der Waals surface area (Å²) in [6.07, 6.45) is 16.2.